The molecule has 2 unspecified atom stereocenters. The minimum absolute atomic E-state index is 0.0897. The van der Waals surface area contributed by atoms with Crippen molar-refractivity contribution in [1.82, 2.24) is 0 Å². The summed E-state index contributed by atoms with van der Waals surface area (Å²) < 4.78 is 13.7. The monoisotopic (exact) mass is 304 g/mol. The van der Waals surface area contributed by atoms with Gasteiger partial charge in [-0.2, -0.15) is 0 Å². The van der Waals surface area contributed by atoms with Gasteiger partial charge >= 0.3 is 0 Å². The minimum atomic E-state index is -0.0897. The van der Waals surface area contributed by atoms with E-state index in [0.29, 0.717) is 10.7 Å². The molecule has 0 N–H and O–H groups in total. The topological polar surface area (TPSA) is 0 Å². The highest BCUT2D eigenvalue weighted by molar-refractivity contribution is 9.09. The van der Waals surface area contributed by atoms with Gasteiger partial charge in [-0.15, -0.1) is 0 Å². The van der Waals surface area contributed by atoms with Crippen LogP contribution in [-0.2, 0) is 12.8 Å². The summed E-state index contributed by atoms with van der Waals surface area (Å²) in [6.07, 6.45) is 1.82. The molecule has 0 radical (unpaired) electrons. The molecule has 3 rings (SSSR count). The van der Waals surface area contributed by atoms with Crippen LogP contribution in [-0.4, -0.2) is 0 Å². The number of benzene rings is 2. The van der Waals surface area contributed by atoms with Crippen molar-refractivity contribution in [3.05, 3.63) is 71.0 Å². The maximum Gasteiger partial charge on any atom is 0.126 e. The Labute approximate surface area is 115 Å². The van der Waals surface area contributed by atoms with Crippen molar-refractivity contribution < 1.29 is 4.39 Å². The molecule has 0 saturated heterocycles. The van der Waals surface area contributed by atoms with Gasteiger partial charge in [-0.1, -0.05) is 58.4 Å². The van der Waals surface area contributed by atoms with E-state index in [1.807, 2.05) is 12.1 Å². The predicted octanol–water partition coefficient (Wildman–Crippen LogP) is 4.68. The lowest BCUT2D eigenvalue weighted by atomic mass is 9.96. The molecule has 0 heterocycles. The molecule has 2 heteroatoms. The minimum Gasteiger partial charge on any atom is -0.207 e. The summed E-state index contributed by atoms with van der Waals surface area (Å²) in [4.78, 5) is 0.341. The zero-order chi connectivity index (χ0) is 12.5. The second-order valence-corrected chi connectivity index (χ2v) is 5.85. The van der Waals surface area contributed by atoms with Crippen molar-refractivity contribution in [3.63, 3.8) is 0 Å². The first kappa shape index (κ1) is 11.9. The van der Waals surface area contributed by atoms with Crippen LogP contribution in [0.3, 0.4) is 0 Å². The van der Waals surface area contributed by atoms with Crippen LogP contribution in [0.4, 0.5) is 4.39 Å². The average Bonchev–Trinajstić information content (AvgIpc) is 2.70. The molecule has 2 aromatic carbocycles. The number of hydrogen-bond acceptors (Lipinski definition) is 0. The third kappa shape index (κ3) is 2.10. The Bertz CT molecular complexity index is 565. The highest BCUT2D eigenvalue weighted by Crippen LogP contribution is 2.43. The summed E-state index contributed by atoms with van der Waals surface area (Å²) in [5.74, 6) is 0.354. The predicted molar refractivity (Wildman–Crippen MR) is 75.4 cm³/mol. The number of halogens is 2. The Morgan fingerprint density at radius 1 is 1.06 bits per heavy atom. The quantitative estimate of drug-likeness (QED) is 0.707. The maximum absolute atomic E-state index is 13.7. The lowest BCUT2D eigenvalue weighted by molar-refractivity contribution is 0.527. The van der Waals surface area contributed by atoms with E-state index in [1.165, 1.54) is 11.1 Å². The van der Waals surface area contributed by atoms with E-state index in [2.05, 4.69) is 40.2 Å². The standard InChI is InChI=1S/C16H14BrF/c17-16-13(9-11-5-1-3-7-14(11)16)10-12-6-2-4-8-15(12)18/h1-8,13,16H,9-10H2. The number of rotatable bonds is 2. The summed E-state index contributed by atoms with van der Waals surface area (Å²) in [6, 6.07) is 15.6. The van der Waals surface area contributed by atoms with Crippen LogP contribution in [0.5, 0.6) is 0 Å². The molecule has 0 aliphatic heterocycles. The fraction of sp³-hybridized carbons (Fsp3) is 0.250. The molecule has 1 aliphatic rings. The van der Waals surface area contributed by atoms with Crippen molar-refractivity contribution in [2.45, 2.75) is 17.7 Å². The molecule has 0 bridgehead atoms. The first-order valence-electron chi connectivity index (χ1n) is 6.21. The SMILES string of the molecule is Fc1ccccc1CC1Cc2ccccc2C1Br. The Morgan fingerprint density at radius 2 is 1.78 bits per heavy atom. The Hall–Kier alpha value is -1.15. The van der Waals surface area contributed by atoms with Gasteiger partial charge in [0.15, 0.2) is 0 Å². The third-order valence-corrected chi connectivity index (χ3v) is 4.93. The fourth-order valence-electron chi connectivity index (χ4n) is 2.75. The van der Waals surface area contributed by atoms with Gasteiger partial charge in [-0.05, 0) is 41.5 Å². The van der Waals surface area contributed by atoms with Gasteiger partial charge in [0.2, 0.25) is 0 Å². The summed E-state index contributed by atoms with van der Waals surface area (Å²) >= 11 is 3.76. The molecule has 0 nitrogen and oxygen atoms in total. The van der Waals surface area contributed by atoms with E-state index in [9.17, 15) is 4.39 Å². The second kappa shape index (κ2) is 4.85. The molecule has 0 amide bonds. The van der Waals surface area contributed by atoms with Gasteiger partial charge in [-0.25, -0.2) is 4.39 Å². The van der Waals surface area contributed by atoms with Crippen molar-refractivity contribution >= 4 is 15.9 Å². The largest absolute Gasteiger partial charge is 0.207 e. The maximum atomic E-state index is 13.7. The first-order valence-corrected chi connectivity index (χ1v) is 7.12. The van der Waals surface area contributed by atoms with Crippen molar-refractivity contribution in [2.75, 3.05) is 0 Å². The molecule has 0 saturated carbocycles. The van der Waals surface area contributed by atoms with Gasteiger partial charge in [0.25, 0.3) is 0 Å². The Morgan fingerprint density at radius 3 is 2.56 bits per heavy atom. The Balaban J connectivity index is 1.83. The zero-order valence-electron chi connectivity index (χ0n) is 9.94. The molecule has 0 fully saturated rings. The van der Waals surface area contributed by atoms with Crippen LogP contribution in [0, 0.1) is 11.7 Å². The van der Waals surface area contributed by atoms with Crippen LogP contribution in [0.1, 0.15) is 21.5 Å². The van der Waals surface area contributed by atoms with E-state index in [1.54, 1.807) is 12.1 Å². The van der Waals surface area contributed by atoms with E-state index in [0.717, 1.165) is 18.4 Å². The number of fused-ring (bicyclic) bond motifs is 1. The molecule has 92 valence electrons. The van der Waals surface area contributed by atoms with Crippen LogP contribution in [0.15, 0.2) is 48.5 Å². The summed E-state index contributed by atoms with van der Waals surface area (Å²) in [5, 5.41) is 0. The molecular weight excluding hydrogens is 291 g/mol. The lowest BCUT2D eigenvalue weighted by Gasteiger charge is -2.14. The number of alkyl halides is 1. The van der Waals surface area contributed by atoms with Gasteiger partial charge in [0, 0.05) is 4.83 Å². The molecule has 2 aromatic rings. The highest BCUT2D eigenvalue weighted by atomic mass is 79.9. The number of hydrogen-bond donors (Lipinski definition) is 0. The van der Waals surface area contributed by atoms with Crippen molar-refractivity contribution in [2.24, 2.45) is 5.92 Å². The molecule has 0 spiro atoms. The van der Waals surface area contributed by atoms with E-state index in [-0.39, 0.29) is 5.82 Å². The van der Waals surface area contributed by atoms with E-state index < -0.39 is 0 Å². The van der Waals surface area contributed by atoms with Crippen LogP contribution in [0.25, 0.3) is 0 Å². The first-order chi connectivity index (χ1) is 8.75. The summed E-state index contributed by atoms with van der Waals surface area (Å²) in [5.41, 5.74) is 3.57. The fourth-order valence-corrected chi connectivity index (χ4v) is 3.57. The van der Waals surface area contributed by atoms with Crippen LogP contribution in [0.2, 0.25) is 0 Å². The zero-order valence-corrected chi connectivity index (χ0v) is 11.5. The highest BCUT2D eigenvalue weighted by Gasteiger charge is 2.30. The molecule has 18 heavy (non-hydrogen) atoms. The van der Waals surface area contributed by atoms with Gasteiger partial charge in [0.1, 0.15) is 5.82 Å². The molecular formula is C16H14BrF. The molecule has 2 atom stereocenters. The van der Waals surface area contributed by atoms with Gasteiger partial charge in [-0.3, -0.25) is 0 Å². The molecule has 1 aliphatic carbocycles. The average molecular weight is 305 g/mol. The smallest absolute Gasteiger partial charge is 0.126 e. The van der Waals surface area contributed by atoms with Gasteiger partial charge < -0.3 is 0 Å². The van der Waals surface area contributed by atoms with Crippen molar-refractivity contribution in [3.8, 4) is 0 Å². The van der Waals surface area contributed by atoms with Crippen LogP contribution >= 0.6 is 15.9 Å². The third-order valence-electron chi connectivity index (χ3n) is 3.69. The van der Waals surface area contributed by atoms with Gasteiger partial charge in [0.05, 0.1) is 0 Å². The lowest BCUT2D eigenvalue weighted by Crippen LogP contribution is -2.07. The summed E-state index contributed by atoms with van der Waals surface area (Å²) in [6.45, 7) is 0. The Kier molecular flexibility index (Phi) is 3.21. The normalized spacial score (nSPS) is 21.9. The van der Waals surface area contributed by atoms with E-state index >= 15 is 0 Å². The van der Waals surface area contributed by atoms with Crippen LogP contribution < -0.4 is 0 Å². The molecule has 0 aromatic heterocycles. The van der Waals surface area contributed by atoms with Crippen molar-refractivity contribution in [1.29, 1.82) is 0 Å². The summed E-state index contributed by atoms with van der Waals surface area (Å²) in [7, 11) is 0. The van der Waals surface area contributed by atoms with E-state index in [4.69, 9.17) is 0 Å². The second-order valence-electron chi connectivity index (χ2n) is 4.86.